The fourth-order valence-corrected chi connectivity index (χ4v) is 4.68. The molecule has 28 heavy (non-hydrogen) atoms. The largest absolute Gasteiger partial charge is 0.274 e. The summed E-state index contributed by atoms with van der Waals surface area (Å²) in [5, 5.41) is 3.93. The minimum absolute atomic E-state index is 0.122. The van der Waals surface area contributed by atoms with Crippen molar-refractivity contribution in [3.8, 4) is 0 Å². The summed E-state index contributed by atoms with van der Waals surface area (Å²) in [6.45, 7) is 0.486. The molecule has 2 heterocycles. The number of halogens is 1. The summed E-state index contributed by atoms with van der Waals surface area (Å²) in [6.07, 6.45) is 7.57. The number of rotatable bonds is 9. The van der Waals surface area contributed by atoms with Gasteiger partial charge in [-0.2, -0.15) is 5.10 Å². The van der Waals surface area contributed by atoms with Crippen molar-refractivity contribution in [1.82, 2.24) is 24.9 Å². The molecular formula is C19H28FN5O2S. The van der Waals surface area contributed by atoms with Gasteiger partial charge in [0.05, 0.1) is 6.20 Å². The number of hydrazine groups is 1. The van der Waals surface area contributed by atoms with Crippen LogP contribution in [0.2, 0.25) is 0 Å². The average Bonchev–Trinajstić information content (AvgIpc) is 3.30. The van der Waals surface area contributed by atoms with E-state index in [0.29, 0.717) is 12.6 Å². The Bertz CT molecular complexity index is 886. The van der Waals surface area contributed by atoms with Crippen LogP contribution in [0.3, 0.4) is 0 Å². The maximum absolute atomic E-state index is 13.4. The van der Waals surface area contributed by atoms with E-state index < -0.39 is 10.0 Å². The highest BCUT2D eigenvalue weighted by molar-refractivity contribution is 7.89. The van der Waals surface area contributed by atoms with E-state index in [0.717, 1.165) is 37.7 Å². The van der Waals surface area contributed by atoms with Crippen LogP contribution in [0, 0.1) is 5.82 Å². The molecule has 2 atom stereocenters. The van der Waals surface area contributed by atoms with Gasteiger partial charge < -0.3 is 0 Å². The van der Waals surface area contributed by atoms with Crippen LogP contribution in [0.5, 0.6) is 0 Å². The molecule has 154 valence electrons. The van der Waals surface area contributed by atoms with Gasteiger partial charge in [0, 0.05) is 38.9 Å². The van der Waals surface area contributed by atoms with Crippen LogP contribution in [0.1, 0.15) is 43.7 Å². The quantitative estimate of drug-likeness (QED) is 0.622. The normalized spacial score (nSPS) is 20.1. The fraction of sp³-hybridized carbons (Fsp3) is 0.526. The van der Waals surface area contributed by atoms with Gasteiger partial charge in [-0.3, -0.25) is 15.5 Å². The van der Waals surface area contributed by atoms with Crippen LogP contribution in [-0.2, 0) is 17.1 Å². The minimum Gasteiger partial charge on any atom is -0.274 e. The van der Waals surface area contributed by atoms with Gasteiger partial charge in [-0.1, -0.05) is 25.0 Å². The summed E-state index contributed by atoms with van der Waals surface area (Å²) in [5.41, 5.74) is 7.48. The number of nitrogens with one attached hydrogen (secondary N) is 2. The Kier molecular flexibility index (Phi) is 6.82. The first-order chi connectivity index (χ1) is 13.4. The highest BCUT2D eigenvalue weighted by atomic mass is 32.2. The molecule has 1 aromatic carbocycles. The van der Waals surface area contributed by atoms with Crippen LogP contribution in [0.4, 0.5) is 4.39 Å². The summed E-state index contributed by atoms with van der Waals surface area (Å²) >= 11 is 0. The van der Waals surface area contributed by atoms with Crippen molar-refractivity contribution in [3.05, 3.63) is 48.0 Å². The lowest BCUT2D eigenvalue weighted by Crippen LogP contribution is -2.30. The third kappa shape index (κ3) is 5.16. The molecule has 0 bridgehead atoms. The van der Waals surface area contributed by atoms with Crippen molar-refractivity contribution in [3.63, 3.8) is 0 Å². The van der Waals surface area contributed by atoms with E-state index in [1.807, 2.05) is 6.07 Å². The lowest BCUT2D eigenvalue weighted by molar-refractivity contribution is 0.438. The number of aryl methyl sites for hydroxylation is 1. The van der Waals surface area contributed by atoms with Crippen molar-refractivity contribution in [2.24, 2.45) is 7.05 Å². The zero-order valence-corrected chi connectivity index (χ0v) is 17.1. The van der Waals surface area contributed by atoms with Crippen LogP contribution in [0.15, 0.2) is 41.6 Å². The van der Waals surface area contributed by atoms with E-state index in [4.69, 9.17) is 0 Å². The predicted octanol–water partition coefficient (Wildman–Crippen LogP) is 2.35. The second kappa shape index (κ2) is 9.13. The molecular weight excluding hydrogens is 381 g/mol. The highest BCUT2D eigenvalue weighted by Crippen LogP contribution is 2.25. The molecule has 0 spiro atoms. The van der Waals surface area contributed by atoms with Gasteiger partial charge in [-0.15, -0.1) is 0 Å². The molecule has 7 nitrogen and oxygen atoms in total. The molecule has 2 aromatic rings. The summed E-state index contributed by atoms with van der Waals surface area (Å²) in [6, 6.07) is 7.15. The summed E-state index contributed by atoms with van der Waals surface area (Å²) in [4.78, 5) is 0.224. The molecule has 9 heteroatoms. The third-order valence-electron chi connectivity index (χ3n) is 5.15. The van der Waals surface area contributed by atoms with Gasteiger partial charge in [-0.05, 0) is 37.0 Å². The summed E-state index contributed by atoms with van der Waals surface area (Å²) < 4.78 is 41.1. The van der Waals surface area contributed by atoms with Gasteiger partial charge >= 0.3 is 0 Å². The van der Waals surface area contributed by atoms with Gasteiger partial charge in [-0.25, -0.2) is 17.1 Å². The van der Waals surface area contributed by atoms with Crippen molar-refractivity contribution < 1.29 is 12.8 Å². The Labute approximate surface area is 165 Å². The zero-order valence-electron chi connectivity index (χ0n) is 16.3. The number of hydrogen-bond acceptors (Lipinski definition) is 5. The van der Waals surface area contributed by atoms with E-state index >= 15 is 0 Å². The molecule has 1 aliphatic heterocycles. The SMILES string of the molecule is CN(CCCCCC1CC(c2cccc(F)c2)NN1)S(=O)(=O)c1cnn(C)c1. The zero-order chi connectivity index (χ0) is 20.1. The molecule has 1 saturated heterocycles. The van der Waals surface area contributed by atoms with Gasteiger partial charge in [0.15, 0.2) is 0 Å². The Balaban J connectivity index is 1.36. The number of hydrogen-bond donors (Lipinski definition) is 2. The molecule has 2 N–H and O–H groups in total. The van der Waals surface area contributed by atoms with E-state index in [1.165, 1.54) is 27.4 Å². The second-order valence-electron chi connectivity index (χ2n) is 7.35. The topological polar surface area (TPSA) is 79.3 Å². The molecule has 0 amide bonds. The first-order valence-corrected chi connectivity index (χ1v) is 11.0. The molecule has 1 aliphatic rings. The number of aromatic nitrogens is 2. The standard InChI is InChI=1S/C19H28FN5O2S/c1-24-14-18(13-21-24)28(26,27)25(2)10-5-3-4-9-17-12-19(23-22-17)15-7-6-8-16(20)11-15/h6-8,11,13-14,17,19,22-23H,3-5,9-10,12H2,1-2H3. The van der Waals surface area contributed by atoms with Gasteiger partial charge in [0.2, 0.25) is 10.0 Å². The first kappa shape index (κ1) is 20.9. The first-order valence-electron chi connectivity index (χ1n) is 9.58. The van der Waals surface area contributed by atoms with Crippen LogP contribution in [-0.4, -0.2) is 42.1 Å². The smallest absolute Gasteiger partial charge is 0.245 e. The Morgan fingerprint density at radius 3 is 2.82 bits per heavy atom. The van der Waals surface area contributed by atoms with E-state index in [9.17, 15) is 12.8 Å². The van der Waals surface area contributed by atoms with Crippen LogP contribution >= 0.6 is 0 Å². The van der Waals surface area contributed by atoms with Gasteiger partial charge in [0.25, 0.3) is 0 Å². The van der Waals surface area contributed by atoms with Gasteiger partial charge in [0.1, 0.15) is 10.7 Å². The molecule has 0 aliphatic carbocycles. The number of nitrogens with zero attached hydrogens (tertiary/aromatic N) is 3. The lowest BCUT2D eigenvalue weighted by Gasteiger charge is -2.16. The lowest BCUT2D eigenvalue weighted by atomic mass is 9.99. The van der Waals surface area contributed by atoms with Crippen molar-refractivity contribution >= 4 is 10.0 Å². The van der Waals surface area contributed by atoms with Crippen molar-refractivity contribution in [1.29, 1.82) is 0 Å². The second-order valence-corrected chi connectivity index (χ2v) is 9.40. The van der Waals surface area contributed by atoms with E-state index in [2.05, 4.69) is 16.0 Å². The molecule has 2 unspecified atom stereocenters. The Morgan fingerprint density at radius 2 is 2.11 bits per heavy atom. The monoisotopic (exact) mass is 409 g/mol. The predicted molar refractivity (Wildman–Crippen MR) is 105 cm³/mol. The Hall–Kier alpha value is -1.81. The highest BCUT2D eigenvalue weighted by Gasteiger charge is 2.25. The van der Waals surface area contributed by atoms with E-state index in [-0.39, 0.29) is 16.8 Å². The third-order valence-corrected chi connectivity index (χ3v) is 6.96. The van der Waals surface area contributed by atoms with Crippen LogP contribution in [0.25, 0.3) is 0 Å². The minimum atomic E-state index is -3.47. The maximum atomic E-state index is 13.4. The number of unbranched alkanes of at least 4 members (excludes halogenated alkanes) is 2. The number of benzene rings is 1. The molecule has 1 aromatic heterocycles. The maximum Gasteiger partial charge on any atom is 0.245 e. The van der Waals surface area contributed by atoms with Crippen molar-refractivity contribution in [2.45, 2.75) is 49.1 Å². The van der Waals surface area contributed by atoms with E-state index in [1.54, 1.807) is 26.2 Å². The van der Waals surface area contributed by atoms with Crippen molar-refractivity contribution in [2.75, 3.05) is 13.6 Å². The molecule has 0 radical (unpaired) electrons. The molecule has 3 rings (SSSR count). The summed E-state index contributed by atoms with van der Waals surface area (Å²) in [5.74, 6) is -0.215. The molecule has 1 fully saturated rings. The van der Waals surface area contributed by atoms with Crippen LogP contribution < -0.4 is 10.9 Å². The Morgan fingerprint density at radius 1 is 1.29 bits per heavy atom. The molecule has 0 saturated carbocycles. The average molecular weight is 410 g/mol. The number of sulfonamides is 1. The fourth-order valence-electron chi connectivity index (χ4n) is 3.49. The summed E-state index contributed by atoms with van der Waals surface area (Å²) in [7, 11) is -0.162.